The van der Waals surface area contributed by atoms with Crippen molar-refractivity contribution in [1.29, 1.82) is 0 Å². The van der Waals surface area contributed by atoms with Crippen LogP contribution >= 0.6 is 31.9 Å². The number of hydrogen-bond donors (Lipinski definition) is 0. The normalized spacial score (nSPS) is 21.1. The van der Waals surface area contributed by atoms with Gasteiger partial charge in [0.2, 0.25) is 9.84 Å². The lowest BCUT2D eigenvalue weighted by atomic mass is 9.91. The summed E-state index contributed by atoms with van der Waals surface area (Å²) in [7, 11) is -6.60. The summed E-state index contributed by atoms with van der Waals surface area (Å²) in [6, 6.07) is 4.71. The summed E-state index contributed by atoms with van der Waals surface area (Å²) in [6.45, 7) is 0. The third-order valence-corrected chi connectivity index (χ3v) is 7.25. The zero-order chi connectivity index (χ0) is 23.3. The molecule has 0 saturated carbocycles. The first kappa shape index (κ1) is 24.8. The zero-order valence-electron chi connectivity index (χ0n) is 14.1. The molecule has 0 bridgehead atoms. The Morgan fingerprint density at radius 1 is 1.07 bits per heavy atom. The lowest BCUT2D eigenvalue weighted by molar-refractivity contribution is -0.385. The van der Waals surface area contributed by atoms with E-state index in [0.29, 0.717) is 12.2 Å². The molecule has 1 aliphatic rings. The van der Waals surface area contributed by atoms with Gasteiger partial charge in [0, 0.05) is 12.5 Å². The second-order valence-electron chi connectivity index (χ2n) is 6.04. The number of sulfone groups is 1. The monoisotopic (exact) mass is 589 g/mol. The third kappa shape index (κ3) is 3.90. The van der Waals surface area contributed by atoms with Crippen molar-refractivity contribution in [3.8, 4) is 0 Å². The Morgan fingerprint density at radius 3 is 2.10 bits per heavy atom. The smallest absolute Gasteiger partial charge is 0.258 e. The van der Waals surface area contributed by atoms with Gasteiger partial charge < -0.3 is 0 Å². The van der Waals surface area contributed by atoms with Gasteiger partial charge in [0.1, 0.15) is 0 Å². The Morgan fingerprint density at radius 2 is 1.60 bits per heavy atom. The molecule has 0 amide bonds. The highest BCUT2D eigenvalue weighted by molar-refractivity contribution is 9.12. The predicted molar refractivity (Wildman–Crippen MR) is 98.3 cm³/mol. The van der Waals surface area contributed by atoms with E-state index in [1.807, 2.05) is 0 Å². The number of nitro benzene ring substituents is 1. The lowest BCUT2D eigenvalue weighted by Crippen LogP contribution is -2.56. The molecular weight excluding hydrogens is 583 g/mol. The molecule has 0 fully saturated rings. The highest BCUT2D eigenvalue weighted by atomic mass is 79.9. The molecule has 1 aromatic carbocycles. The minimum Gasteiger partial charge on any atom is -0.258 e. The average molecular weight is 591 g/mol. The largest absolute Gasteiger partial charge is 0.461 e. The molecule has 1 aromatic rings. The van der Waals surface area contributed by atoms with Crippen LogP contribution in [0.5, 0.6) is 0 Å². The fraction of sp³-hybridized carbons (Fsp3) is 0.333. The minimum atomic E-state index is -6.90. The van der Waals surface area contributed by atoms with Crippen molar-refractivity contribution in [3.05, 3.63) is 61.5 Å². The number of benzene rings is 1. The van der Waals surface area contributed by atoms with Crippen molar-refractivity contribution in [3.63, 3.8) is 0 Å². The van der Waals surface area contributed by atoms with E-state index in [-0.39, 0.29) is 16.5 Å². The molecular formula is C15H8Br2F7NO4S. The van der Waals surface area contributed by atoms with Crippen LogP contribution in [-0.2, 0) is 14.2 Å². The number of hydrogen-bond acceptors (Lipinski definition) is 4. The topological polar surface area (TPSA) is 77.3 Å². The van der Waals surface area contributed by atoms with Crippen molar-refractivity contribution >= 4 is 47.4 Å². The Hall–Kier alpha value is -1.48. The van der Waals surface area contributed by atoms with E-state index in [0.717, 1.165) is 12.1 Å². The number of allylic oxidation sites excluding steroid dienone is 3. The Labute approximate surface area is 181 Å². The molecule has 166 valence electrons. The van der Waals surface area contributed by atoms with E-state index in [2.05, 4.69) is 31.9 Å². The minimum absolute atomic E-state index is 0.204. The quantitative estimate of drug-likeness (QED) is 0.184. The number of nitrogens with zero attached hydrogens (tertiary/aromatic N) is 1. The summed E-state index contributed by atoms with van der Waals surface area (Å²) in [6.07, 6.45) is -6.29. The van der Waals surface area contributed by atoms with Crippen molar-refractivity contribution in [1.82, 2.24) is 0 Å². The van der Waals surface area contributed by atoms with Gasteiger partial charge in [-0.25, -0.2) is 8.42 Å². The van der Waals surface area contributed by atoms with Crippen molar-refractivity contribution in [2.24, 2.45) is 0 Å². The number of halogens is 9. The van der Waals surface area contributed by atoms with Gasteiger partial charge in [-0.15, -0.1) is 0 Å². The summed E-state index contributed by atoms with van der Waals surface area (Å²) < 4.78 is 114. The molecule has 0 N–H and O–H groups in total. The molecule has 0 heterocycles. The van der Waals surface area contributed by atoms with Crippen molar-refractivity contribution in [2.75, 3.05) is 0 Å². The Kier molecular flexibility index (Phi) is 6.27. The van der Waals surface area contributed by atoms with Crippen molar-refractivity contribution < 1.29 is 44.1 Å². The van der Waals surface area contributed by atoms with E-state index >= 15 is 0 Å². The van der Waals surface area contributed by atoms with Crippen molar-refractivity contribution in [2.45, 2.75) is 28.1 Å². The fourth-order valence-corrected chi connectivity index (χ4v) is 6.22. The molecule has 0 radical (unpaired) electrons. The molecule has 1 aliphatic carbocycles. The first-order valence-corrected chi connectivity index (χ1v) is 10.5. The van der Waals surface area contributed by atoms with E-state index in [1.165, 1.54) is 12.1 Å². The van der Waals surface area contributed by atoms with Gasteiger partial charge in [0.15, 0.2) is 0 Å². The number of nitro groups is 1. The summed E-state index contributed by atoms with van der Waals surface area (Å²) >= 11 is 5.80. The number of alkyl halides is 8. The molecule has 0 aromatic heterocycles. The van der Waals surface area contributed by atoms with Crippen LogP contribution in [0.4, 0.5) is 36.4 Å². The van der Waals surface area contributed by atoms with Gasteiger partial charge in [0.25, 0.3) is 5.69 Å². The van der Waals surface area contributed by atoms with Gasteiger partial charge >= 0.3 is 17.4 Å². The molecule has 0 aliphatic heterocycles. The summed E-state index contributed by atoms with van der Waals surface area (Å²) in [4.78, 5) is 8.80. The highest BCUT2D eigenvalue weighted by Gasteiger charge is 2.79. The van der Waals surface area contributed by atoms with Crippen LogP contribution < -0.4 is 0 Å². The second kappa shape index (κ2) is 7.58. The molecule has 5 nitrogen and oxygen atoms in total. The van der Waals surface area contributed by atoms with Gasteiger partial charge in [0.05, 0.1) is 19.7 Å². The molecule has 30 heavy (non-hydrogen) atoms. The molecule has 1 unspecified atom stereocenters. The van der Waals surface area contributed by atoms with Crippen LogP contribution in [0, 0.1) is 10.1 Å². The summed E-state index contributed by atoms with van der Waals surface area (Å²) in [5.41, 5.74) is -0.810. The van der Waals surface area contributed by atoms with Gasteiger partial charge in [-0.1, -0.05) is 50.1 Å². The first-order valence-electron chi connectivity index (χ1n) is 7.47. The van der Waals surface area contributed by atoms with E-state index in [4.69, 9.17) is 0 Å². The van der Waals surface area contributed by atoms with Gasteiger partial charge in [-0.2, -0.15) is 30.7 Å². The average Bonchev–Trinajstić information content (AvgIpc) is 2.59. The predicted octanol–water partition coefficient (Wildman–Crippen LogP) is 5.96. The highest BCUT2D eigenvalue weighted by Crippen LogP contribution is 2.54. The standard InChI is InChI=1S/C15H8Br2F7NO4S/c16-8-5-9(30(28,29)15(23,24)13(18,19)14(20,21)22)7-12(17,6-8)10-3-1-2-4-11(10)25(26)27/h1-5,7H,6H2. The second-order valence-corrected chi connectivity index (χ2v) is 10.5. The maximum atomic E-state index is 14.0. The first-order chi connectivity index (χ1) is 13.4. The fourth-order valence-electron chi connectivity index (χ4n) is 2.56. The van der Waals surface area contributed by atoms with Crippen LogP contribution in [-0.4, -0.2) is 30.7 Å². The molecule has 2 rings (SSSR count). The molecule has 15 heteroatoms. The molecule has 1 atom stereocenters. The summed E-state index contributed by atoms with van der Waals surface area (Å²) in [5, 5.41) is 4.69. The lowest BCUT2D eigenvalue weighted by Gasteiger charge is -2.32. The van der Waals surface area contributed by atoms with Crippen LogP contribution in [0.2, 0.25) is 0 Å². The Balaban J connectivity index is 2.73. The van der Waals surface area contributed by atoms with Gasteiger partial charge in [-0.3, -0.25) is 10.1 Å². The van der Waals surface area contributed by atoms with Crippen LogP contribution in [0.3, 0.4) is 0 Å². The number of para-hydroxylation sites is 1. The number of rotatable bonds is 5. The zero-order valence-corrected chi connectivity index (χ0v) is 18.0. The van der Waals surface area contributed by atoms with E-state index < -0.39 is 47.0 Å². The Bertz CT molecular complexity index is 1050. The third-order valence-electron chi connectivity index (χ3n) is 4.01. The maximum absolute atomic E-state index is 14.0. The van der Waals surface area contributed by atoms with Crippen LogP contribution in [0.25, 0.3) is 0 Å². The van der Waals surface area contributed by atoms with Crippen LogP contribution in [0.1, 0.15) is 12.0 Å². The van der Waals surface area contributed by atoms with E-state index in [1.54, 1.807) is 0 Å². The SMILES string of the molecule is O=[N+]([O-])c1ccccc1C1(Br)C=C(S(=O)(=O)C(F)(F)C(F)(F)C(F)(F)F)C=C(Br)C1. The molecule has 0 saturated heterocycles. The maximum Gasteiger partial charge on any atom is 0.461 e. The summed E-state index contributed by atoms with van der Waals surface area (Å²) in [5.74, 6) is -6.90. The van der Waals surface area contributed by atoms with Crippen LogP contribution in [0.15, 0.2) is 45.8 Å². The van der Waals surface area contributed by atoms with Gasteiger partial charge in [-0.05, 0) is 16.6 Å². The van der Waals surface area contributed by atoms with E-state index in [9.17, 15) is 49.3 Å². The molecule has 0 spiro atoms.